The van der Waals surface area contributed by atoms with Crippen molar-refractivity contribution in [3.05, 3.63) is 52.5 Å². The molecule has 1 fully saturated rings. The first kappa shape index (κ1) is 15.7. The van der Waals surface area contributed by atoms with Gasteiger partial charge in [-0.15, -0.1) is 11.3 Å². The molecule has 2 amide bonds. The Morgan fingerprint density at radius 1 is 1.26 bits per heavy atom. The number of nitrogens with zero attached hydrogens (tertiary/aromatic N) is 3. The lowest BCUT2D eigenvalue weighted by molar-refractivity contribution is -0.155. The fourth-order valence-corrected chi connectivity index (χ4v) is 3.35. The number of hydrogen-bond acceptors (Lipinski definition) is 4. The van der Waals surface area contributed by atoms with E-state index in [0.717, 1.165) is 11.3 Å². The molecule has 1 atom stereocenters. The van der Waals surface area contributed by atoms with Crippen molar-refractivity contribution in [2.24, 2.45) is 0 Å². The average Bonchev–Trinajstić information content (AvgIpc) is 3.08. The second kappa shape index (κ2) is 6.91. The Bertz CT molecular complexity index is 672. The van der Waals surface area contributed by atoms with Crippen LogP contribution in [0.25, 0.3) is 0 Å². The Labute approximate surface area is 139 Å². The van der Waals surface area contributed by atoms with Crippen LogP contribution < -0.4 is 0 Å². The standard InChI is InChI=1S/C17H19N3O2S/c1-13-17(22)19(8-7-14-5-3-2-4-6-14)11-16(21)20(13)10-15-9-18-12-23-15/h2-6,9,12-13H,7-8,10-11H2,1H3/t13-/m1/s1. The summed E-state index contributed by atoms with van der Waals surface area (Å²) in [6, 6.07) is 9.59. The van der Waals surface area contributed by atoms with Crippen LogP contribution in [0.5, 0.6) is 0 Å². The molecule has 0 N–H and O–H groups in total. The molecule has 6 heteroatoms. The van der Waals surface area contributed by atoms with Crippen molar-refractivity contribution in [2.45, 2.75) is 25.9 Å². The zero-order valence-electron chi connectivity index (χ0n) is 13.0. The molecule has 2 aromatic rings. The van der Waals surface area contributed by atoms with Crippen molar-refractivity contribution in [2.75, 3.05) is 13.1 Å². The van der Waals surface area contributed by atoms with Gasteiger partial charge in [-0.1, -0.05) is 30.3 Å². The van der Waals surface area contributed by atoms with Crippen molar-refractivity contribution in [1.82, 2.24) is 14.8 Å². The van der Waals surface area contributed by atoms with Crippen LogP contribution in [0.1, 0.15) is 17.4 Å². The molecular weight excluding hydrogens is 310 g/mol. The highest BCUT2D eigenvalue weighted by Crippen LogP contribution is 2.18. The monoisotopic (exact) mass is 329 g/mol. The molecule has 1 aliphatic rings. The summed E-state index contributed by atoms with van der Waals surface area (Å²) in [6.07, 6.45) is 2.51. The van der Waals surface area contributed by atoms with Crippen molar-refractivity contribution in [3.63, 3.8) is 0 Å². The molecule has 0 aliphatic carbocycles. The number of piperazine rings is 1. The van der Waals surface area contributed by atoms with Gasteiger partial charge in [-0.2, -0.15) is 0 Å². The van der Waals surface area contributed by atoms with Gasteiger partial charge in [0.05, 0.1) is 18.6 Å². The fourth-order valence-electron chi connectivity index (χ4n) is 2.76. The number of aromatic nitrogens is 1. The first-order valence-electron chi connectivity index (χ1n) is 7.64. The molecule has 0 bridgehead atoms. The molecule has 1 aliphatic heterocycles. The lowest BCUT2D eigenvalue weighted by Crippen LogP contribution is -2.58. The molecule has 1 aromatic heterocycles. The third kappa shape index (κ3) is 3.59. The summed E-state index contributed by atoms with van der Waals surface area (Å²) in [6.45, 7) is 3.00. The van der Waals surface area contributed by atoms with Crippen molar-refractivity contribution in [3.8, 4) is 0 Å². The van der Waals surface area contributed by atoms with Gasteiger partial charge in [-0.25, -0.2) is 0 Å². The summed E-state index contributed by atoms with van der Waals surface area (Å²) in [5.74, 6) is 0.0172. The predicted molar refractivity (Wildman–Crippen MR) is 88.9 cm³/mol. The molecule has 1 saturated heterocycles. The molecule has 0 spiro atoms. The summed E-state index contributed by atoms with van der Waals surface area (Å²) in [4.78, 5) is 33.3. The Hall–Kier alpha value is -2.21. The number of benzene rings is 1. The van der Waals surface area contributed by atoms with Crippen LogP contribution in [0, 0.1) is 0 Å². The lowest BCUT2D eigenvalue weighted by Gasteiger charge is -2.38. The number of rotatable bonds is 5. The smallest absolute Gasteiger partial charge is 0.245 e. The van der Waals surface area contributed by atoms with Crippen molar-refractivity contribution >= 4 is 23.2 Å². The highest BCUT2D eigenvalue weighted by molar-refractivity contribution is 7.09. The van der Waals surface area contributed by atoms with Crippen molar-refractivity contribution in [1.29, 1.82) is 0 Å². The van der Waals surface area contributed by atoms with Crippen LogP contribution in [-0.2, 0) is 22.6 Å². The maximum Gasteiger partial charge on any atom is 0.245 e. The Kier molecular flexibility index (Phi) is 4.71. The topological polar surface area (TPSA) is 53.5 Å². The minimum absolute atomic E-state index is 0.00133. The van der Waals surface area contributed by atoms with E-state index in [9.17, 15) is 9.59 Å². The van der Waals surface area contributed by atoms with Crippen LogP contribution in [0.15, 0.2) is 42.0 Å². The molecule has 2 heterocycles. The molecule has 23 heavy (non-hydrogen) atoms. The second-order valence-corrected chi connectivity index (χ2v) is 6.63. The Morgan fingerprint density at radius 2 is 2.04 bits per heavy atom. The van der Waals surface area contributed by atoms with Gasteiger partial charge in [0.25, 0.3) is 0 Å². The number of amides is 2. The Balaban J connectivity index is 1.63. The Morgan fingerprint density at radius 3 is 2.74 bits per heavy atom. The van der Waals surface area contributed by atoms with Crippen molar-refractivity contribution < 1.29 is 9.59 Å². The molecule has 0 radical (unpaired) electrons. The van der Waals surface area contributed by atoms with Crippen LogP contribution in [0.3, 0.4) is 0 Å². The maximum absolute atomic E-state index is 12.6. The van der Waals surface area contributed by atoms with E-state index in [4.69, 9.17) is 0 Å². The van der Waals surface area contributed by atoms with Gasteiger partial charge in [0.15, 0.2) is 0 Å². The molecule has 120 valence electrons. The third-order valence-electron chi connectivity index (χ3n) is 4.11. The molecule has 5 nitrogen and oxygen atoms in total. The number of hydrogen-bond donors (Lipinski definition) is 0. The fraction of sp³-hybridized carbons (Fsp3) is 0.353. The highest BCUT2D eigenvalue weighted by Gasteiger charge is 2.36. The summed E-state index contributed by atoms with van der Waals surface area (Å²) < 4.78 is 0. The van der Waals surface area contributed by atoms with Gasteiger partial charge in [0.1, 0.15) is 6.04 Å². The summed E-state index contributed by atoms with van der Waals surface area (Å²) in [7, 11) is 0. The van der Waals surface area contributed by atoms with Gasteiger partial charge >= 0.3 is 0 Å². The SMILES string of the molecule is C[C@@H]1C(=O)N(CCc2ccccc2)CC(=O)N1Cc1cncs1. The second-order valence-electron chi connectivity index (χ2n) is 5.66. The summed E-state index contributed by atoms with van der Waals surface area (Å²) in [5, 5.41) is 0. The van der Waals surface area contributed by atoms with Gasteiger partial charge in [-0.3, -0.25) is 14.6 Å². The minimum Gasteiger partial charge on any atom is -0.331 e. The third-order valence-corrected chi connectivity index (χ3v) is 4.87. The number of carbonyl (C=O) groups is 2. The summed E-state index contributed by atoms with van der Waals surface area (Å²) >= 11 is 1.50. The van der Waals surface area contributed by atoms with Crippen LogP contribution in [-0.4, -0.2) is 45.7 Å². The lowest BCUT2D eigenvalue weighted by atomic mass is 10.1. The molecule has 0 unspecified atom stereocenters. The normalized spacial score (nSPS) is 18.6. The zero-order chi connectivity index (χ0) is 16.2. The van der Waals surface area contributed by atoms with Gasteiger partial charge in [0.2, 0.25) is 11.8 Å². The highest BCUT2D eigenvalue weighted by atomic mass is 32.1. The molecule has 1 aromatic carbocycles. The van der Waals surface area contributed by atoms with Crippen LogP contribution in [0.4, 0.5) is 0 Å². The quantitative estimate of drug-likeness (QED) is 0.842. The predicted octanol–water partition coefficient (Wildman–Crippen LogP) is 1.95. The van der Waals surface area contributed by atoms with E-state index >= 15 is 0 Å². The van der Waals surface area contributed by atoms with E-state index in [0.29, 0.717) is 13.1 Å². The molecular formula is C17H19N3O2S. The van der Waals surface area contributed by atoms with E-state index in [1.165, 1.54) is 16.9 Å². The van der Waals surface area contributed by atoms with Gasteiger partial charge in [-0.05, 0) is 18.9 Å². The maximum atomic E-state index is 12.6. The first-order valence-corrected chi connectivity index (χ1v) is 8.52. The van der Waals surface area contributed by atoms with E-state index < -0.39 is 6.04 Å². The van der Waals surface area contributed by atoms with E-state index in [1.54, 1.807) is 28.4 Å². The molecule has 3 rings (SSSR count). The largest absolute Gasteiger partial charge is 0.331 e. The van der Waals surface area contributed by atoms with E-state index in [2.05, 4.69) is 4.98 Å². The summed E-state index contributed by atoms with van der Waals surface area (Å²) in [5.41, 5.74) is 2.91. The van der Waals surface area contributed by atoms with Crippen LogP contribution >= 0.6 is 11.3 Å². The van der Waals surface area contributed by atoms with E-state index in [-0.39, 0.29) is 18.4 Å². The minimum atomic E-state index is -0.422. The van der Waals surface area contributed by atoms with Gasteiger partial charge in [0, 0.05) is 17.6 Å². The van der Waals surface area contributed by atoms with Gasteiger partial charge < -0.3 is 9.80 Å². The average molecular weight is 329 g/mol. The number of thiazole rings is 1. The number of carbonyl (C=O) groups excluding carboxylic acids is 2. The van der Waals surface area contributed by atoms with Crippen LogP contribution in [0.2, 0.25) is 0 Å². The first-order chi connectivity index (χ1) is 11.1. The zero-order valence-corrected chi connectivity index (χ0v) is 13.8. The van der Waals surface area contributed by atoms with E-state index in [1.807, 2.05) is 30.3 Å². The molecule has 0 saturated carbocycles.